The lowest BCUT2D eigenvalue weighted by Gasteiger charge is -2.42. The predicted molar refractivity (Wildman–Crippen MR) is 299 cm³/mol. The fraction of sp³-hybridized carbons (Fsp3) is 0.582. The Bertz CT molecular complexity index is 2480. The van der Waals surface area contributed by atoms with Crippen LogP contribution in [0.25, 0.3) is 10.4 Å². The number of likely N-dealkylation sites (tertiary alicyclic amines) is 1. The van der Waals surface area contributed by atoms with E-state index in [0.29, 0.717) is 53.2 Å². The van der Waals surface area contributed by atoms with Crippen molar-refractivity contribution in [2.45, 2.75) is 172 Å². The smallest absolute Gasteiger partial charge is 0.246 e. The minimum atomic E-state index is -0.858. The second kappa shape index (κ2) is 28.0. The summed E-state index contributed by atoms with van der Waals surface area (Å²) in [6.45, 7) is 12.6. The van der Waals surface area contributed by atoms with Gasteiger partial charge < -0.3 is 42.3 Å². The van der Waals surface area contributed by atoms with Crippen LogP contribution in [0, 0.1) is 17.8 Å². The minimum Gasteiger partial charge on any atom is -0.391 e. The number of β-amino-alcohol motifs (C(OH)–C–C–N with tert-alkyl or cyclic N) is 1. The quantitative estimate of drug-likeness (QED) is 0.0324. The van der Waals surface area contributed by atoms with Gasteiger partial charge in [-0.05, 0) is 93.0 Å². The summed E-state index contributed by atoms with van der Waals surface area (Å²) in [6.07, 6.45) is 14.4. The van der Waals surface area contributed by atoms with Crippen LogP contribution < -0.4 is 32.3 Å². The van der Waals surface area contributed by atoms with Crippen molar-refractivity contribution < 1.29 is 24.3 Å². The molecule has 2 aromatic heterocycles. The fourth-order valence-corrected chi connectivity index (χ4v) is 12.0. The molecule has 2 aromatic carbocycles. The molecule has 0 saturated carbocycles. The molecule has 6 rings (SSSR count). The highest BCUT2D eigenvalue weighted by Gasteiger charge is 2.45. The van der Waals surface area contributed by atoms with Crippen LogP contribution in [-0.4, -0.2) is 99.5 Å². The first-order valence-electron chi connectivity index (χ1n) is 26.4. The van der Waals surface area contributed by atoms with Gasteiger partial charge in [-0.2, -0.15) is 0 Å². The maximum absolute atomic E-state index is 14.1. The number of nitrogens with one attached hydrogen (secondary N) is 3. The number of nitrogens with two attached hydrogens (primary N) is 2. The molecule has 0 radical (unpaired) electrons. The highest BCUT2D eigenvalue weighted by atomic mass is 35.5. The number of nitrogen functional groups attached to an aromatic ring is 1. The summed E-state index contributed by atoms with van der Waals surface area (Å²) in [6, 6.07) is 11.4. The Hall–Kier alpha value is -4.52. The van der Waals surface area contributed by atoms with Gasteiger partial charge in [-0.15, -0.1) is 11.3 Å². The Kier molecular flexibility index (Phi) is 22.2. The first kappa shape index (κ1) is 58.7. The van der Waals surface area contributed by atoms with Crippen LogP contribution >= 0.6 is 46.3 Å². The Morgan fingerprint density at radius 2 is 1.57 bits per heavy atom. The summed E-state index contributed by atoms with van der Waals surface area (Å²) in [5.41, 5.74) is 16.9. The van der Waals surface area contributed by atoms with E-state index in [9.17, 15) is 24.3 Å². The number of thiazole rings is 1. The Balaban J connectivity index is 0.793. The van der Waals surface area contributed by atoms with Crippen molar-refractivity contribution in [2.24, 2.45) is 16.6 Å². The number of aliphatic hydroxyl groups excluding tert-OH is 1. The molecule has 2 aliphatic rings. The SMILES string of the molecule is Cc1ncsc1-c1ccc(C(C)NC(=O)C2CC(O)CN2C(=O)C(NC(=O)CCCCCCCCCNC(=O)CCCCCC2(CN)CCN(c3cnc(Sc4cccc(Cl)c4Cl)c(N)n3)CC2)C(C)(C)C)cc1. The summed E-state index contributed by atoms with van der Waals surface area (Å²) < 4.78 is 0. The van der Waals surface area contributed by atoms with E-state index in [0.717, 1.165) is 123 Å². The summed E-state index contributed by atoms with van der Waals surface area (Å²) in [5, 5.41) is 21.3. The molecule has 0 spiro atoms. The number of hydrogen-bond acceptors (Lipinski definition) is 13. The molecular weight excluding hydrogens is 1020 g/mol. The fourth-order valence-electron chi connectivity index (χ4n) is 9.87. The van der Waals surface area contributed by atoms with Crippen LogP contribution in [0.15, 0.2) is 64.1 Å². The maximum Gasteiger partial charge on any atom is 0.246 e. The van der Waals surface area contributed by atoms with E-state index < -0.39 is 23.6 Å². The summed E-state index contributed by atoms with van der Waals surface area (Å²) in [5.74, 6) is 0.316. The number of carbonyl (C=O) groups is 4. The van der Waals surface area contributed by atoms with Crippen molar-refractivity contribution in [1.82, 2.24) is 35.8 Å². The van der Waals surface area contributed by atoms with Gasteiger partial charge in [-0.3, -0.25) is 19.2 Å². The van der Waals surface area contributed by atoms with Crippen LogP contribution in [0.1, 0.15) is 148 Å². The van der Waals surface area contributed by atoms with Crippen molar-refractivity contribution in [3.8, 4) is 10.4 Å². The average molecular weight is 1090 g/mol. The largest absolute Gasteiger partial charge is 0.391 e. The molecule has 0 bridgehead atoms. The van der Waals surface area contributed by atoms with E-state index in [1.807, 2.05) is 76.5 Å². The molecule has 4 heterocycles. The molecule has 2 aliphatic heterocycles. The van der Waals surface area contributed by atoms with Gasteiger partial charge in [0, 0.05) is 50.3 Å². The zero-order valence-electron chi connectivity index (χ0n) is 43.9. The van der Waals surface area contributed by atoms with Crippen molar-refractivity contribution in [3.63, 3.8) is 0 Å². The predicted octanol–water partition coefficient (Wildman–Crippen LogP) is 10.1. The van der Waals surface area contributed by atoms with Crippen LogP contribution in [0.5, 0.6) is 0 Å². The Labute approximate surface area is 456 Å². The third-order valence-corrected chi connectivity index (χ3v) is 17.5. The molecular formula is C55H78Cl2N10O5S2. The Morgan fingerprint density at radius 3 is 2.22 bits per heavy atom. The highest BCUT2D eigenvalue weighted by Crippen LogP contribution is 2.40. The van der Waals surface area contributed by atoms with E-state index in [4.69, 9.17) is 34.7 Å². The number of hydrogen-bond donors (Lipinski definition) is 6. The van der Waals surface area contributed by atoms with Crippen molar-refractivity contribution >= 4 is 81.6 Å². The Morgan fingerprint density at radius 1 is 0.905 bits per heavy atom. The second-order valence-corrected chi connectivity index (χ2v) is 24.0. The van der Waals surface area contributed by atoms with E-state index >= 15 is 0 Å². The number of rotatable bonds is 26. The number of aryl methyl sites for hydroxylation is 1. The molecule has 2 saturated heterocycles. The lowest BCUT2D eigenvalue weighted by Crippen LogP contribution is -2.57. The van der Waals surface area contributed by atoms with E-state index in [1.165, 1.54) is 16.7 Å². The third-order valence-electron chi connectivity index (χ3n) is 14.5. The molecule has 4 unspecified atom stereocenters. The molecule has 8 N–H and O–H groups in total. The molecule has 4 atom stereocenters. The number of nitrogens with zero attached hydrogens (tertiary/aromatic N) is 5. The molecule has 0 aliphatic carbocycles. The van der Waals surface area contributed by atoms with Gasteiger partial charge in [-0.1, -0.05) is 131 Å². The van der Waals surface area contributed by atoms with Crippen LogP contribution in [0.2, 0.25) is 10.0 Å². The van der Waals surface area contributed by atoms with Gasteiger partial charge in [-0.25, -0.2) is 15.0 Å². The average Bonchev–Trinajstić information content (AvgIpc) is 4.00. The van der Waals surface area contributed by atoms with Gasteiger partial charge >= 0.3 is 0 Å². The highest BCUT2D eigenvalue weighted by molar-refractivity contribution is 7.99. The summed E-state index contributed by atoms with van der Waals surface area (Å²) in [4.78, 5) is 72.7. The summed E-state index contributed by atoms with van der Waals surface area (Å²) in [7, 11) is 0. The van der Waals surface area contributed by atoms with Gasteiger partial charge in [0.15, 0.2) is 5.82 Å². The van der Waals surface area contributed by atoms with Crippen molar-refractivity contribution in [1.29, 1.82) is 0 Å². The van der Waals surface area contributed by atoms with Gasteiger partial charge in [0.2, 0.25) is 23.6 Å². The zero-order chi connectivity index (χ0) is 53.4. The summed E-state index contributed by atoms with van der Waals surface area (Å²) >= 11 is 15.5. The third kappa shape index (κ3) is 16.7. The number of benzene rings is 2. The second-order valence-electron chi connectivity index (χ2n) is 21.3. The number of halogens is 2. The number of piperidine rings is 1. The monoisotopic (exact) mass is 1090 g/mol. The normalized spacial score (nSPS) is 17.5. The van der Waals surface area contributed by atoms with Gasteiger partial charge in [0.1, 0.15) is 22.9 Å². The number of aliphatic hydroxyl groups is 1. The maximum atomic E-state index is 14.1. The van der Waals surface area contributed by atoms with Crippen LogP contribution in [0.3, 0.4) is 0 Å². The molecule has 2 fully saturated rings. The number of amides is 4. The number of unbranched alkanes of at least 4 members (excludes halogenated alkanes) is 8. The van der Waals surface area contributed by atoms with Gasteiger partial charge in [0.25, 0.3) is 0 Å². The van der Waals surface area contributed by atoms with E-state index in [2.05, 4.69) is 35.8 Å². The first-order chi connectivity index (χ1) is 35.4. The molecule has 4 amide bonds. The molecule has 74 heavy (non-hydrogen) atoms. The van der Waals surface area contributed by atoms with E-state index in [1.54, 1.807) is 23.6 Å². The number of anilines is 2. The van der Waals surface area contributed by atoms with Crippen LogP contribution in [-0.2, 0) is 19.2 Å². The first-order valence-corrected chi connectivity index (χ1v) is 28.9. The standard InChI is InChI=1S/C55H78Cl2N10O5S2/c1-36(38-21-23-39(24-22-38)48-37(2)62-35-73-48)63-51(71)42-31-40(68)33-67(42)53(72)49(54(3,4)5)65-46(70)20-12-9-7-6-8-10-15-28-60-45(69)19-13-11-14-25-55(34-58)26-29-66(30-27-55)44-32-61-52(50(59)64-44)74-43-18-16-17-41(56)47(43)57/h16-18,21-24,32,35-36,40,42,49,68H,6-15,19-20,25-31,33-34,58H2,1-5H3,(H2,59,64)(H,60,69)(H,63,71)(H,65,70). The number of carbonyl (C=O) groups excluding carboxylic acids is 4. The van der Waals surface area contributed by atoms with Gasteiger partial charge in [0.05, 0.1) is 44.5 Å². The molecule has 19 heteroatoms. The topological polar surface area (TPSA) is 222 Å². The number of aromatic nitrogens is 3. The van der Waals surface area contributed by atoms with E-state index in [-0.39, 0.29) is 48.1 Å². The van der Waals surface area contributed by atoms with Crippen molar-refractivity contribution in [2.75, 3.05) is 43.4 Å². The zero-order valence-corrected chi connectivity index (χ0v) is 47.0. The molecule has 15 nitrogen and oxygen atoms in total. The van der Waals surface area contributed by atoms with Crippen molar-refractivity contribution in [3.05, 3.63) is 75.5 Å². The molecule has 4 aromatic rings. The minimum absolute atomic E-state index is 0.0262. The lowest BCUT2D eigenvalue weighted by molar-refractivity contribution is -0.144. The lowest BCUT2D eigenvalue weighted by atomic mass is 9.74. The van der Waals surface area contributed by atoms with Crippen LogP contribution in [0.4, 0.5) is 11.6 Å². The molecule has 404 valence electrons.